The highest BCUT2D eigenvalue weighted by atomic mass is 16.7. The van der Waals surface area contributed by atoms with Crippen LogP contribution in [0.3, 0.4) is 0 Å². The van der Waals surface area contributed by atoms with Gasteiger partial charge in [0.15, 0.2) is 5.79 Å². The molecule has 1 unspecified atom stereocenters. The van der Waals surface area contributed by atoms with E-state index in [4.69, 9.17) is 14.2 Å². The summed E-state index contributed by atoms with van der Waals surface area (Å²) in [5.41, 5.74) is 0.00137. The van der Waals surface area contributed by atoms with E-state index in [9.17, 15) is 0 Å². The zero-order valence-corrected chi connectivity index (χ0v) is 19.3. The highest BCUT2D eigenvalue weighted by Gasteiger charge is 2.45. The van der Waals surface area contributed by atoms with E-state index < -0.39 is 5.79 Å². The van der Waals surface area contributed by atoms with Crippen molar-refractivity contribution in [2.75, 3.05) is 19.8 Å². The Labute approximate surface area is 170 Å². The summed E-state index contributed by atoms with van der Waals surface area (Å²) in [5, 5.41) is 0. The lowest BCUT2D eigenvalue weighted by molar-refractivity contribution is -0.290. The normalized spacial score (nSPS) is 14.6. The number of ether oxygens (including phenoxy) is 3. The first kappa shape index (κ1) is 26.5. The molecule has 1 atom stereocenters. The first-order chi connectivity index (χ1) is 13.0. The van der Waals surface area contributed by atoms with E-state index in [-0.39, 0.29) is 5.41 Å². The van der Waals surface area contributed by atoms with Crippen LogP contribution in [-0.2, 0) is 14.2 Å². The molecule has 0 amide bonds. The fourth-order valence-electron chi connectivity index (χ4n) is 3.57. The lowest BCUT2D eigenvalue weighted by Gasteiger charge is -2.46. The van der Waals surface area contributed by atoms with Gasteiger partial charge in [-0.15, -0.1) is 0 Å². The van der Waals surface area contributed by atoms with Gasteiger partial charge in [-0.25, -0.2) is 0 Å². The molecule has 0 fully saturated rings. The lowest BCUT2D eigenvalue weighted by atomic mass is 9.73. The van der Waals surface area contributed by atoms with Gasteiger partial charge in [-0.2, -0.15) is 0 Å². The predicted octanol–water partition coefficient (Wildman–Crippen LogP) is 7.64. The molecule has 0 aromatic carbocycles. The monoisotopic (exact) mass is 384 g/mol. The summed E-state index contributed by atoms with van der Waals surface area (Å²) < 4.78 is 18.2. The van der Waals surface area contributed by atoms with E-state index in [0.717, 1.165) is 51.9 Å². The fraction of sp³-hybridized carbons (Fsp3) is 0.917. The van der Waals surface area contributed by atoms with Gasteiger partial charge in [0.05, 0.1) is 12.9 Å². The van der Waals surface area contributed by atoms with E-state index in [0.29, 0.717) is 0 Å². The molecule has 0 saturated heterocycles. The number of hydrogen-bond acceptors (Lipinski definition) is 3. The molecule has 0 bridgehead atoms. The van der Waals surface area contributed by atoms with Crippen LogP contribution in [0.2, 0.25) is 0 Å². The number of rotatable bonds is 19. The molecule has 0 aliphatic carbocycles. The predicted molar refractivity (Wildman–Crippen MR) is 117 cm³/mol. The van der Waals surface area contributed by atoms with Crippen LogP contribution in [0.5, 0.6) is 0 Å². The largest absolute Gasteiger partial charge is 0.502 e. The number of allylic oxidation sites excluding steroid dienone is 1. The van der Waals surface area contributed by atoms with E-state index >= 15 is 0 Å². The molecule has 0 radical (unpaired) electrons. The molecule has 0 aliphatic heterocycles. The van der Waals surface area contributed by atoms with Gasteiger partial charge >= 0.3 is 0 Å². The van der Waals surface area contributed by atoms with Gasteiger partial charge in [0.2, 0.25) is 0 Å². The van der Waals surface area contributed by atoms with Crippen LogP contribution in [0.4, 0.5) is 0 Å². The molecular weight excluding hydrogens is 336 g/mol. The second-order valence-electron chi connectivity index (χ2n) is 8.16. The third-order valence-corrected chi connectivity index (χ3v) is 5.56. The maximum atomic E-state index is 6.34. The molecule has 27 heavy (non-hydrogen) atoms. The van der Waals surface area contributed by atoms with Crippen molar-refractivity contribution < 1.29 is 14.2 Å². The third-order valence-electron chi connectivity index (χ3n) is 5.56. The van der Waals surface area contributed by atoms with Gasteiger partial charge in [-0.1, -0.05) is 72.3 Å². The van der Waals surface area contributed by atoms with Gasteiger partial charge in [0, 0.05) is 18.6 Å². The molecular formula is C24H48O3. The minimum atomic E-state index is -0.525. The quantitative estimate of drug-likeness (QED) is 0.130. The van der Waals surface area contributed by atoms with Gasteiger partial charge < -0.3 is 14.2 Å². The molecule has 0 heterocycles. The molecule has 0 aliphatic rings. The van der Waals surface area contributed by atoms with Gasteiger partial charge in [-0.3, -0.25) is 0 Å². The van der Waals surface area contributed by atoms with Gasteiger partial charge in [-0.05, 0) is 46.0 Å². The van der Waals surface area contributed by atoms with Crippen LogP contribution in [-0.4, -0.2) is 25.6 Å². The van der Waals surface area contributed by atoms with Crippen LogP contribution in [0.1, 0.15) is 112 Å². The third kappa shape index (κ3) is 11.1. The van der Waals surface area contributed by atoms with Crippen LogP contribution in [0.15, 0.2) is 12.3 Å². The maximum absolute atomic E-state index is 6.34. The Kier molecular flexibility index (Phi) is 16.1. The molecule has 3 nitrogen and oxygen atoms in total. The Morgan fingerprint density at radius 2 is 1.22 bits per heavy atom. The molecule has 0 rings (SSSR count). The second kappa shape index (κ2) is 16.4. The fourth-order valence-corrected chi connectivity index (χ4v) is 3.57. The summed E-state index contributed by atoms with van der Waals surface area (Å²) >= 11 is 0. The van der Waals surface area contributed by atoms with Crippen molar-refractivity contribution in [1.82, 2.24) is 0 Å². The smallest absolute Gasteiger partial charge is 0.170 e. The second-order valence-corrected chi connectivity index (χ2v) is 8.16. The van der Waals surface area contributed by atoms with Crippen LogP contribution in [0, 0.1) is 5.41 Å². The molecule has 0 aromatic rings. The van der Waals surface area contributed by atoms with Crippen molar-refractivity contribution in [3.63, 3.8) is 0 Å². The van der Waals surface area contributed by atoms with Crippen LogP contribution < -0.4 is 0 Å². The van der Waals surface area contributed by atoms with Gasteiger partial charge in [0.25, 0.3) is 0 Å². The molecule has 0 spiro atoms. The average Bonchev–Trinajstić information content (AvgIpc) is 2.67. The Hall–Kier alpha value is -0.540. The standard InChI is InChI=1S/C24H48O3/c1-7-11-12-13-14-15-17-23(5,18-16-22-25-19-8-2)24(6,26-20-9-3)27-21-10-4/h8,19H,7,9-18,20-22H2,1-6H3. The molecule has 162 valence electrons. The maximum Gasteiger partial charge on any atom is 0.170 e. The summed E-state index contributed by atoms with van der Waals surface area (Å²) in [7, 11) is 0. The topological polar surface area (TPSA) is 27.7 Å². The Balaban J connectivity index is 4.94. The highest BCUT2D eigenvalue weighted by molar-refractivity contribution is 4.88. The zero-order valence-electron chi connectivity index (χ0n) is 19.3. The zero-order chi connectivity index (χ0) is 20.4. The van der Waals surface area contributed by atoms with Gasteiger partial charge in [0.1, 0.15) is 0 Å². The van der Waals surface area contributed by atoms with Crippen molar-refractivity contribution >= 4 is 0 Å². The lowest BCUT2D eigenvalue weighted by Crippen LogP contribution is -2.49. The Bertz CT molecular complexity index is 346. The van der Waals surface area contributed by atoms with Crippen LogP contribution in [0.25, 0.3) is 0 Å². The summed E-state index contributed by atoms with van der Waals surface area (Å²) in [4.78, 5) is 0. The average molecular weight is 385 g/mol. The van der Waals surface area contributed by atoms with Crippen molar-refractivity contribution in [3.8, 4) is 0 Å². The first-order valence-corrected chi connectivity index (χ1v) is 11.5. The SMILES string of the molecule is CC=COCCCC(C)(CCCCCCCC)C(C)(OCCC)OCCC. The molecule has 0 N–H and O–H groups in total. The highest BCUT2D eigenvalue weighted by Crippen LogP contribution is 2.44. The van der Waals surface area contributed by atoms with E-state index in [1.165, 1.54) is 38.5 Å². The van der Waals surface area contributed by atoms with Crippen molar-refractivity contribution in [2.45, 2.75) is 118 Å². The number of unbranched alkanes of at least 4 members (excludes halogenated alkanes) is 5. The molecule has 0 aromatic heterocycles. The summed E-state index contributed by atoms with van der Waals surface area (Å²) in [6.07, 6.45) is 16.9. The molecule has 0 saturated carbocycles. The number of hydrogen-bond donors (Lipinski definition) is 0. The summed E-state index contributed by atoms with van der Waals surface area (Å²) in [6, 6.07) is 0. The first-order valence-electron chi connectivity index (χ1n) is 11.5. The molecule has 3 heteroatoms. The van der Waals surface area contributed by atoms with Crippen LogP contribution >= 0.6 is 0 Å². The minimum Gasteiger partial charge on any atom is -0.502 e. The summed E-state index contributed by atoms with van der Waals surface area (Å²) in [6.45, 7) is 15.4. The van der Waals surface area contributed by atoms with Crippen molar-refractivity contribution in [2.24, 2.45) is 5.41 Å². The van der Waals surface area contributed by atoms with E-state index in [2.05, 4.69) is 34.6 Å². The van der Waals surface area contributed by atoms with E-state index in [1.54, 1.807) is 6.26 Å². The Morgan fingerprint density at radius 1 is 0.667 bits per heavy atom. The minimum absolute atomic E-state index is 0.00137. The van der Waals surface area contributed by atoms with Crippen molar-refractivity contribution in [3.05, 3.63) is 12.3 Å². The Morgan fingerprint density at radius 3 is 1.78 bits per heavy atom. The van der Waals surface area contributed by atoms with E-state index in [1.807, 2.05) is 13.0 Å². The van der Waals surface area contributed by atoms with Crippen molar-refractivity contribution in [1.29, 1.82) is 0 Å². The summed E-state index contributed by atoms with van der Waals surface area (Å²) in [5.74, 6) is -0.525.